The van der Waals surface area contributed by atoms with E-state index in [9.17, 15) is 19.2 Å². The Kier molecular flexibility index (Phi) is 7.94. The Labute approximate surface area is 209 Å². The van der Waals surface area contributed by atoms with Gasteiger partial charge in [-0.15, -0.1) is 23.1 Å². The molecule has 0 aromatic carbocycles. The van der Waals surface area contributed by atoms with Gasteiger partial charge in [-0.2, -0.15) is 0 Å². The zero-order valence-corrected chi connectivity index (χ0v) is 21.4. The van der Waals surface area contributed by atoms with Crippen molar-refractivity contribution in [2.75, 3.05) is 18.3 Å². The third-order valence-electron chi connectivity index (χ3n) is 4.84. The summed E-state index contributed by atoms with van der Waals surface area (Å²) in [5.41, 5.74) is 5.55. The minimum absolute atomic E-state index is 0.121. The molecule has 0 bridgehead atoms. The van der Waals surface area contributed by atoms with Crippen LogP contribution in [0.3, 0.4) is 0 Å². The summed E-state index contributed by atoms with van der Waals surface area (Å²) >= 11 is 8.74. The first-order chi connectivity index (χ1) is 16.0. The standard InChI is InChI=1S/C21H25ClN4O6S2/c1-5-6-10(12-8-34-20(23)24-12)15(27)25-13-16(28)26-14(11(22)7-33-17(13)26)18(29)31-9-32-19(30)21(2,3)4/h6,8,13,17H,5,7,9H2,1-4H3,(H2,23,24)(H,25,27)/b10-6-/t13-,17-/m1/s1. The maximum atomic E-state index is 12.9. The van der Waals surface area contributed by atoms with Gasteiger partial charge in [0.15, 0.2) is 5.13 Å². The number of nitrogens with zero attached hydrogens (tertiary/aromatic N) is 2. The number of nitrogens with one attached hydrogen (secondary N) is 1. The number of anilines is 1. The second-order valence-electron chi connectivity index (χ2n) is 8.44. The molecule has 3 N–H and O–H groups in total. The first-order valence-electron chi connectivity index (χ1n) is 10.4. The highest BCUT2D eigenvalue weighted by molar-refractivity contribution is 8.00. The summed E-state index contributed by atoms with van der Waals surface area (Å²) < 4.78 is 9.97. The number of β-lactam (4-membered cyclic amide) rings is 1. The highest BCUT2D eigenvalue weighted by Crippen LogP contribution is 2.42. The van der Waals surface area contributed by atoms with Crippen LogP contribution >= 0.6 is 34.7 Å². The number of halogens is 1. The van der Waals surface area contributed by atoms with E-state index < -0.39 is 47.4 Å². The molecule has 2 aliphatic heterocycles. The Bertz CT molecular complexity index is 1080. The van der Waals surface area contributed by atoms with Crippen molar-refractivity contribution in [2.24, 2.45) is 5.41 Å². The number of hydrogen-bond donors (Lipinski definition) is 2. The molecule has 2 aliphatic rings. The molecule has 2 atom stereocenters. The molecule has 1 fully saturated rings. The van der Waals surface area contributed by atoms with Gasteiger partial charge in [-0.1, -0.05) is 24.6 Å². The number of esters is 2. The Morgan fingerprint density at radius 3 is 2.65 bits per heavy atom. The topological polar surface area (TPSA) is 141 Å². The van der Waals surface area contributed by atoms with E-state index in [-0.39, 0.29) is 16.5 Å². The van der Waals surface area contributed by atoms with E-state index in [2.05, 4.69) is 10.3 Å². The summed E-state index contributed by atoms with van der Waals surface area (Å²) in [7, 11) is 0. The molecular formula is C21H25ClN4O6S2. The first kappa shape index (κ1) is 26.0. The van der Waals surface area contributed by atoms with Crippen LogP contribution in [0, 0.1) is 5.41 Å². The number of ether oxygens (including phenoxy) is 2. The van der Waals surface area contributed by atoms with Crippen LogP contribution in [-0.4, -0.2) is 57.6 Å². The Hall–Kier alpha value is -2.57. The summed E-state index contributed by atoms with van der Waals surface area (Å²) in [6.45, 7) is 6.26. The van der Waals surface area contributed by atoms with E-state index in [1.54, 1.807) is 32.2 Å². The number of hydrogen-bond acceptors (Lipinski definition) is 10. The Balaban J connectivity index is 1.66. The van der Waals surface area contributed by atoms with E-state index in [1.807, 2.05) is 6.92 Å². The third kappa shape index (κ3) is 5.39. The monoisotopic (exact) mass is 528 g/mol. The van der Waals surface area contributed by atoms with Crippen molar-refractivity contribution < 1.29 is 28.7 Å². The van der Waals surface area contributed by atoms with Crippen molar-refractivity contribution in [1.82, 2.24) is 15.2 Å². The number of carbonyl (C=O) groups excluding carboxylic acids is 4. The minimum Gasteiger partial charge on any atom is -0.427 e. The number of nitrogens with two attached hydrogens (primary N) is 1. The van der Waals surface area contributed by atoms with Gasteiger partial charge < -0.3 is 20.5 Å². The fourth-order valence-corrected chi connectivity index (χ4v) is 5.25. The number of thiazole rings is 1. The maximum absolute atomic E-state index is 12.9. The zero-order chi connectivity index (χ0) is 25.2. The zero-order valence-electron chi connectivity index (χ0n) is 19.0. The number of amides is 2. The number of aromatic nitrogens is 1. The first-order valence-corrected chi connectivity index (χ1v) is 12.7. The largest absolute Gasteiger partial charge is 0.427 e. The summed E-state index contributed by atoms with van der Waals surface area (Å²) in [5.74, 6) is -2.16. The highest BCUT2D eigenvalue weighted by atomic mass is 35.5. The van der Waals surface area contributed by atoms with Gasteiger partial charge >= 0.3 is 11.9 Å². The van der Waals surface area contributed by atoms with Crippen LogP contribution in [0.2, 0.25) is 0 Å². The van der Waals surface area contributed by atoms with Crippen molar-refractivity contribution in [1.29, 1.82) is 0 Å². The van der Waals surface area contributed by atoms with Gasteiger partial charge in [0.2, 0.25) is 6.79 Å². The quantitative estimate of drug-likeness (QED) is 0.236. The number of fused-ring (bicyclic) bond motifs is 1. The molecule has 3 rings (SSSR count). The predicted octanol–water partition coefficient (Wildman–Crippen LogP) is 2.46. The number of nitrogen functional groups attached to an aromatic ring is 1. The van der Waals surface area contributed by atoms with Gasteiger partial charge in [0.1, 0.15) is 17.1 Å². The average Bonchev–Trinajstić information content (AvgIpc) is 3.20. The predicted molar refractivity (Wildman–Crippen MR) is 129 cm³/mol. The molecule has 0 unspecified atom stereocenters. The second kappa shape index (κ2) is 10.4. The fraction of sp³-hybridized carbons (Fsp3) is 0.476. The minimum atomic E-state index is -0.889. The van der Waals surface area contributed by atoms with E-state index in [1.165, 1.54) is 28.0 Å². The van der Waals surface area contributed by atoms with Gasteiger partial charge in [0, 0.05) is 11.1 Å². The molecule has 0 aliphatic carbocycles. The lowest BCUT2D eigenvalue weighted by molar-refractivity contribution is -0.173. The van der Waals surface area contributed by atoms with Crippen molar-refractivity contribution in [3.8, 4) is 0 Å². The van der Waals surface area contributed by atoms with Crippen molar-refractivity contribution in [3.05, 3.63) is 27.9 Å². The van der Waals surface area contributed by atoms with Crippen LogP contribution in [0.5, 0.6) is 0 Å². The van der Waals surface area contributed by atoms with Crippen LogP contribution in [0.1, 0.15) is 39.8 Å². The second-order valence-corrected chi connectivity index (χ2v) is 10.9. The van der Waals surface area contributed by atoms with Crippen LogP contribution in [0.4, 0.5) is 5.13 Å². The van der Waals surface area contributed by atoms with E-state index in [4.69, 9.17) is 26.8 Å². The lowest BCUT2D eigenvalue weighted by Gasteiger charge is -2.49. The lowest BCUT2D eigenvalue weighted by Crippen LogP contribution is -2.70. The fourth-order valence-electron chi connectivity index (χ4n) is 3.14. The van der Waals surface area contributed by atoms with Gasteiger partial charge in [-0.05, 0) is 27.2 Å². The molecule has 0 radical (unpaired) electrons. The van der Waals surface area contributed by atoms with Crippen LogP contribution in [-0.2, 0) is 28.7 Å². The SMILES string of the molecule is CC/C=C(\C(=O)N[C@@H]1C(=O)N2C(C(=O)OCOC(=O)C(C)(C)C)=C(Cl)CS[C@H]12)c1csc(N)n1. The number of rotatable bonds is 7. The van der Waals surface area contributed by atoms with E-state index in [0.717, 1.165) is 0 Å². The molecule has 0 saturated carbocycles. The molecule has 0 spiro atoms. The summed E-state index contributed by atoms with van der Waals surface area (Å²) in [6, 6.07) is -0.861. The lowest BCUT2D eigenvalue weighted by atomic mass is 9.98. The summed E-state index contributed by atoms with van der Waals surface area (Å²) in [6.07, 6.45) is 2.29. The van der Waals surface area contributed by atoms with Gasteiger partial charge in [0.05, 0.1) is 21.7 Å². The molecule has 1 saturated heterocycles. The number of carbonyl (C=O) groups is 4. The smallest absolute Gasteiger partial charge is 0.359 e. The average molecular weight is 529 g/mol. The van der Waals surface area contributed by atoms with Crippen molar-refractivity contribution in [3.63, 3.8) is 0 Å². The number of allylic oxidation sites excluding steroid dienone is 1. The Morgan fingerprint density at radius 1 is 1.35 bits per heavy atom. The Morgan fingerprint density at radius 2 is 2.06 bits per heavy atom. The van der Waals surface area contributed by atoms with Gasteiger partial charge in [-0.3, -0.25) is 19.3 Å². The third-order valence-corrected chi connectivity index (χ3v) is 7.27. The number of thioether (sulfide) groups is 1. The normalized spacial score (nSPS) is 20.4. The van der Waals surface area contributed by atoms with E-state index >= 15 is 0 Å². The van der Waals surface area contributed by atoms with Crippen LogP contribution < -0.4 is 11.1 Å². The van der Waals surface area contributed by atoms with Crippen LogP contribution in [0.25, 0.3) is 5.57 Å². The molecular weight excluding hydrogens is 504 g/mol. The molecule has 3 heterocycles. The molecule has 2 amide bonds. The van der Waals surface area contributed by atoms with E-state index in [0.29, 0.717) is 22.8 Å². The summed E-state index contributed by atoms with van der Waals surface area (Å²) in [5, 5.41) is 4.32. The molecule has 1 aromatic heterocycles. The molecule has 13 heteroatoms. The molecule has 10 nitrogen and oxygen atoms in total. The highest BCUT2D eigenvalue weighted by Gasteiger charge is 2.54. The molecule has 184 valence electrons. The molecule has 34 heavy (non-hydrogen) atoms. The summed E-state index contributed by atoms with van der Waals surface area (Å²) in [4.78, 5) is 55.6. The van der Waals surface area contributed by atoms with Gasteiger partial charge in [0.25, 0.3) is 11.8 Å². The van der Waals surface area contributed by atoms with Crippen molar-refractivity contribution in [2.45, 2.75) is 45.5 Å². The maximum Gasteiger partial charge on any atom is 0.359 e. The van der Waals surface area contributed by atoms with Crippen LogP contribution in [0.15, 0.2) is 22.2 Å². The van der Waals surface area contributed by atoms with Gasteiger partial charge in [-0.25, -0.2) is 9.78 Å². The molecule has 1 aromatic rings. The van der Waals surface area contributed by atoms with Crippen molar-refractivity contribution >= 4 is 69.2 Å².